The van der Waals surface area contributed by atoms with Gasteiger partial charge in [-0.25, -0.2) is 9.48 Å². The van der Waals surface area contributed by atoms with Crippen molar-refractivity contribution in [2.75, 3.05) is 0 Å². The predicted molar refractivity (Wildman–Crippen MR) is 48.3 cm³/mol. The van der Waals surface area contributed by atoms with Crippen LogP contribution in [0, 0.1) is 0 Å². The molecule has 9 nitrogen and oxygen atoms in total. The lowest BCUT2D eigenvalue weighted by atomic mass is 10.5. The summed E-state index contributed by atoms with van der Waals surface area (Å²) in [5.41, 5.74) is 5.98. The van der Waals surface area contributed by atoms with E-state index in [1.165, 1.54) is 4.68 Å². The van der Waals surface area contributed by atoms with Gasteiger partial charge in [0.25, 0.3) is 5.82 Å². The Morgan fingerprint density at radius 1 is 1.62 bits per heavy atom. The highest BCUT2D eigenvalue weighted by molar-refractivity contribution is 5.82. The summed E-state index contributed by atoms with van der Waals surface area (Å²) < 4.78 is 6.14. The van der Waals surface area contributed by atoms with E-state index < -0.39 is 5.97 Å². The van der Waals surface area contributed by atoms with Gasteiger partial charge in [0.2, 0.25) is 5.89 Å². The van der Waals surface area contributed by atoms with E-state index in [0.717, 1.165) is 0 Å². The van der Waals surface area contributed by atoms with Crippen LogP contribution in [0.2, 0.25) is 0 Å². The van der Waals surface area contributed by atoms with Crippen LogP contribution in [0.4, 0.5) is 0 Å². The summed E-state index contributed by atoms with van der Waals surface area (Å²) in [5.74, 6) is -1.48. The van der Waals surface area contributed by atoms with Gasteiger partial charge < -0.3 is 15.4 Å². The van der Waals surface area contributed by atoms with Crippen molar-refractivity contribution in [1.29, 1.82) is 0 Å². The zero-order chi connectivity index (χ0) is 11.5. The van der Waals surface area contributed by atoms with Crippen molar-refractivity contribution >= 4 is 5.97 Å². The van der Waals surface area contributed by atoms with E-state index in [9.17, 15) is 4.79 Å². The normalized spacial score (nSPS) is 10.6. The number of aromatic nitrogens is 5. The molecular weight excluding hydrogens is 216 g/mol. The third kappa shape index (κ3) is 2.03. The van der Waals surface area contributed by atoms with Crippen LogP contribution in [-0.4, -0.2) is 36.2 Å². The lowest BCUT2D eigenvalue weighted by Crippen LogP contribution is -2.03. The number of carboxylic acid groups (broad SMARTS) is 1. The minimum absolute atomic E-state index is 0.144. The van der Waals surface area contributed by atoms with Gasteiger partial charge in [-0.15, -0.1) is 5.10 Å². The molecule has 9 heteroatoms. The quantitative estimate of drug-likeness (QED) is 0.666. The molecule has 0 fully saturated rings. The second-order valence-electron chi connectivity index (χ2n) is 2.93. The summed E-state index contributed by atoms with van der Waals surface area (Å²) in [6.07, 6.45) is 1.62. The third-order valence-corrected chi connectivity index (χ3v) is 1.75. The number of carboxylic acids is 1. The summed E-state index contributed by atoms with van der Waals surface area (Å²) in [6.45, 7) is 0.442. The smallest absolute Gasteiger partial charge is 0.377 e. The molecular formula is C7H8N6O3. The highest BCUT2D eigenvalue weighted by Crippen LogP contribution is 2.00. The van der Waals surface area contributed by atoms with Crippen LogP contribution in [0.1, 0.15) is 22.2 Å². The lowest BCUT2D eigenvalue weighted by Gasteiger charge is -1.91. The molecule has 16 heavy (non-hydrogen) atoms. The maximum absolute atomic E-state index is 10.5. The molecule has 0 spiro atoms. The molecule has 2 aromatic rings. The van der Waals surface area contributed by atoms with Gasteiger partial charge in [-0.3, -0.25) is 0 Å². The Kier molecular flexibility index (Phi) is 2.60. The first-order chi connectivity index (χ1) is 7.69. The van der Waals surface area contributed by atoms with Crippen molar-refractivity contribution in [3.8, 4) is 0 Å². The topological polar surface area (TPSA) is 133 Å². The molecule has 2 heterocycles. The molecule has 0 unspecified atom stereocenters. The number of nitrogens with two attached hydrogens (primary N) is 1. The van der Waals surface area contributed by atoms with E-state index in [0.29, 0.717) is 5.69 Å². The predicted octanol–water partition coefficient (Wildman–Crippen LogP) is -1.13. The van der Waals surface area contributed by atoms with Gasteiger partial charge in [0.15, 0.2) is 0 Å². The van der Waals surface area contributed by atoms with Crippen molar-refractivity contribution in [2.45, 2.75) is 13.1 Å². The Balaban J connectivity index is 2.11. The Morgan fingerprint density at radius 2 is 2.44 bits per heavy atom. The maximum Gasteiger partial charge on any atom is 0.377 e. The summed E-state index contributed by atoms with van der Waals surface area (Å²) in [6, 6.07) is 0. The fraction of sp³-hybridized carbons (Fsp3) is 0.286. The average Bonchev–Trinajstić information content (AvgIpc) is 2.87. The fourth-order valence-corrected chi connectivity index (χ4v) is 1.05. The third-order valence-electron chi connectivity index (χ3n) is 1.75. The first-order valence-electron chi connectivity index (χ1n) is 4.34. The van der Waals surface area contributed by atoms with E-state index in [-0.39, 0.29) is 24.8 Å². The molecule has 0 aliphatic rings. The minimum Gasteiger partial charge on any atom is -0.475 e. The van der Waals surface area contributed by atoms with E-state index >= 15 is 0 Å². The Labute approximate surface area is 88.9 Å². The Morgan fingerprint density at radius 3 is 3.00 bits per heavy atom. The largest absolute Gasteiger partial charge is 0.475 e. The van der Waals surface area contributed by atoms with Crippen molar-refractivity contribution < 1.29 is 14.4 Å². The van der Waals surface area contributed by atoms with Crippen molar-refractivity contribution in [3.63, 3.8) is 0 Å². The van der Waals surface area contributed by atoms with Gasteiger partial charge in [0, 0.05) is 6.54 Å². The van der Waals surface area contributed by atoms with Crippen molar-refractivity contribution in [1.82, 2.24) is 25.1 Å². The van der Waals surface area contributed by atoms with Crippen LogP contribution < -0.4 is 5.73 Å². The van der Waals surface area contributed by atoms with Crippen LogP contribution in [0.5, 0.6) is 0 Å². The molecule has 84 valence electrons. The standard InChI is InChI=1S/C7H8N6O3/c8-1-4-2-13(12-10-4)3-5-9-6(7(14)15)11-16-5/h2H,1,3,8H2,(H,14,15). The average molecular weight is 224 g/mol. The number of hydrogen-bond acceptors (Lipinski definition) is 7. The molecule has 2 rings (SSSR count). The number of carbonyl (C=O) groups is 1. The monoisotopic (exact) mass is 224 g/mol. The van der Waals surface area contributed by atoms with Crippen molar-refractivity contribution in [2.24, 2.45) is 5.73 Å². The molecule has 2 aromatic heterocycles. The second kappa shape index (κ2) is 4.06. The number of hydrogen-bond donors (Lipinski definition) is 2. The van der Waals surface area contributed by atoms with Crippen LogP contribution >= 0.6 is 0 Å². The summed E-state index contributed by atoms with van der Waals surface area (Å²) in [5, 5.41) is 19.3. The molecule has 0 radical (unpaired) electrons. The van der Waals surface area contributed by atoms with E-state index in [2.05, 4.69) is 20.5 Å². The molecule has 3 N–H and O–H groups in total. The van der Waals surface area contributed by atoms with Gasteiger partial charge in [0.1, 0.15) is 6.54 Å². The van der Waals surface area contributed by atoms with Gasteiger partial charge >= 0.3 is 5.97 Å². The van der Waals surface area contributed by atoms with E-state index in [4.69, 9.17) is 15.4 Å². The Hall–Kier alpha value is -2.29. The van der Waals surface area contributed by atoms with Crippen LogP contribution in [0.25, 0.3) is 0 Å². The van der Waals surface area contributed by atoms with Crippen LogP contribution in [0.3, 0.4) is 0 Å². The SMILES string of the molecule is NCc1cn(Cc2nc(C(=O)O)no2)nn1. The molecule has 0 saturated heterocycles. The van der Waals surface area contributed by atoms with Gasteiger partial charge in [-0.2, -0.15) is 4.98 Å². The first-order valence-corrected chi connectivity index (χ1v) is 4.34. The molecule has 0 aromatic carbocycles. The van der Waals surface area contributed by atoms with Gasteiger partial charge in [0.05, 0.1) is 11.9 Å². The zero-order valence-electron chi connectivity index (χ0n) is 8.07. The van der Waals surface area contributed by atoms with E-state index in [1.807, 2.05) is 0 Å². The Bertz CT molecular complexity index is 504. The molecule has 0 atom stereocenters. The highest BCUT2D eigenvalue weighted by Gasteiger charge is 2.13. The zero-order valence-corrected chi connectivity index (χ0v) is 8.07. The van der Waals surface area contributed by atoms with Crippen LogP contribution in [0.15, 0.2) is 10.7 Å². The summed E-state index contributed by atoms with van der Waals surface area (Å²) in [7, 11) is 0. The minimum atomic E-state index is -1.24. The number of nitrogens with zero attached hydrogens (tertiary/aromatic N) is 5. The van der Waals surface area contributed by atoms with Crippen molar-refractivity contribution in [3.05, 3.63) is 23.6 Å². The summed E-state index contributed by atoms with van der Waals surface area (Å²) in [4.78, 5) is 14.1. The van der Waals surface area contributed by atoms with E-state index in [1.54, 1.807) is 6.20 Å². The lowest BCUT2D eigenvalue weighted by molar-refractivity contribution is 0.0680. The molecule has 0 saturated carbocycles. The molecule has 0 amide bonds. The summed E-state index contributed by atoms with van der Waals surface area (Å²) >= 11 is 0. The van der Waals surface area contributed by atoms with Gasteiger partial charge in [-0.1, -0.05) is 5.21 Å². The molecule has 0 aliphatic carbocycles. The maximum atomic E-state index is 10.5. The first kappa shape index (κ1) is 10.2. The molecule has 0 bridgehead atoms. The van der Waals surface area contributed by atoms with Gasteiger partial charge in [-0.05, 0) is 5.16 Å². The number of rotatable bonds is 4. The number of aromatic carboxylic acids is 1. The highest BCUT2D eigenvalue weighted by atomic mass is 16.5. The second-order valence-corrected chi connectivity index (χ2v) is 2.93. The molecule has 0 aliphatic heterocycles. The fourth-order valence-electron chi connectivity index (χ4n) is 1.05. The van der Waals surface area contributed by atoms with Crippen LogP contribution in [-0.2, 0) is 13.1 Å².